The summed E-state index contributed by atoms with van der Waals surface area (Å²) in [5.41, 5.74) is 6.84. The minimum atomic E-state index is 0.556. The van der Waals surface area contributed by atoms with Crippen molar-refractivity contribution >= 4 is 24.3 Å². The second-order valence-electron chi connectivity index (χ2n) is 18.2. The van der Waals surface area contributed by atoms with Crippen LogP contribution in [0.1, 0.15) is 180 Å². The molecule has 4 nitrogen and oxygen atoms in total. The zero-order chi connectivity index (χ0) is 45.8. The molecule has 0 amide bonds. The van der Waals surface area contributed by atoms with Gasteiger partial charge in [0, 0.05) is 23.3 Å². The maximum Gasteiger partial charge on any atom is 0.130 e. The van der Waals surface area contributed by atoms with E-state index in [0.717, 1.165) is 97.4 Å². The van der Waals surface area contributed by atoms with Crippen molar-refractivity contribution in [3.8, 4) is 34.1 Å². The predicted octanol–water partition coefficient (Wildman–Crippen LogP) is 18.1. The van der Waals surface area contributed by atoms with Gasteiger partial charge in [0.15, 0.2) is 0 Å². The lowest BCUT2D eigenvalue weighted by Gasteiger charge is -2.19. The molecule has 0 radical (unpaired) electrons. The number of ether oxygens (including phenoxy) is 4. The highest BCUT2D eigenvalue weighted by molar-refractivity contribution is 5.76. The lowest BCUT2D eigenvalue weighted by molar-refractivity contribution is 0.222. The van der Waals surface area contributed by atoms with Crippen LogP contribution in [-0.4, -0.2) is 26.4 Å². The average molecular weight is 871 g/mol. The summed E-state index contributed by atoms with van der Waals surface area (Å²) in [5, 5.41) is 0. The quantitative estimate of drug-likeness (QED) is 0.0447. The van der Waals surface area contributed by atoms with Gasteiger partial charge < -0.3 is 18.9 Å². The fraction of sp³-hybridized carbons (Fsp3) is 0.533. The molecule has 4 aromatic carbocycles. The highest BCUT2D eigenvalue weighted by Crippen LogP contribution is 2.32. The maximum absolute atomic E-state index is 6.57. The Morgan fingerprint density at radius 3 is 0.969 bits per heavy atom. The van der Waals surface area contributed by atoms with Gasteiger partial charge in [0.25, 0.3) is 0 Å². The van der Waals surface area contributed by atoms with E-state index in [1.807, 2.05) is 0 Å². The van der Waals surface area contributed by atoms with Crippen LogP contribution in [0.5, 0.6) is 23.0 Å². The molecule has 0 saturated heterocycles. The van der Waals surface area contributed by atoms with Crippen molar-refractivity contribution in [3.63, 3.8) is 0 Å². The molecule has 4 unspecified atom stereocenters. The molecule has 0 aliphatic carbocycles. The van der Waals surface area contributed by atoms with E-state index in [-0.39, 0.29) is 0 Å². The van der Waals surface area contributed by atoms with Gasteiger partial charge in [-0.1, -0.05) is 205 Å². The van der Waals surface area contributed by atoms with Gasteiger partial charge >= 0.3 is 0 Å². The number of hydrogen-bond acceptors (Lipinski definition) is 4. The van der Waals surface area contributed by atoms with Crippen molar-refractivity contribution in [3.05, 3.63) is 107 Å². The van der Waals surface area contributed by atoms with Gasteiger partial charge in [-0.05, 0) is 95.9 Å². The molecular formula is C60H86O4. The van der Waals surface area contributed by atoms with Gasteiger partial charge in [0.2, 0.25) is 0 Å². The third kappa shape index (κ3) is 18.6. The number of unbranched alkanes of at least 4 members (excludes halogenated alkanes) is 4. The Morgan fingerprint density at radius 2 is 0.672 bits per heavy atom. The molecule has 0 aliphatic rings. The molecule has 0 bridgehead atoms. The van der Waals surface area contributed by atoms with Crippen LogP contribution in [0.3, 0.4) is 0 Å². The molecule has 0 fully saturated rings. The summed E-state index contributed by atoms with van der Waals surface area (Å²) in [4.78, 5) is 0. The SMILES string of the molecule is CCCCC(CC)COc1ccc(/C=C/c2ccc(-c3ccc(/C=C/c4ccc(OCC(CC)CCCC)cc4OCC(CC)CCCC)cc3)cc2)c(OCC(CC)CCCC)c1. The Balaban J connectivity index is 1.46. The number of hydrogen-bond donors (Lipinski definition) is 0. The Labute approximate surface area is 391 Å². The van der Waals surface area contributed by atoms with E-state index in [0.29, 0.717) is 23.7 Å². The zero-order valence-corrected chi connectivity index (χ0v) is 41.5. The van der Waals surface area contributed by atoms with Gasteiger partial charge in [-0.3, -0.25) is 0 Å². The van der Waals surface area contributed by atoms with E-state index in [9.17, 15) is 0 Å². The molecule has 4 atom stereocenters. The van der Waals surface area contributed by atoms with E-state index in [2.05, 4.69) is 165 Å². The standard InChI is InChI=1S/C60H86O4/c1-9-17-21-47(13-5)43-61-57-39-37-55(59(41-57)63-45-49(15-7)23-19-11-3)35-29-51-25-31-53(32-26-51)54-33-27-52(28-34-54)30-36-56-38-40-58(62-44-48(14-6)22-18-10-2)42-60(56)64-46-50(16-8)24-20-12-4/h25-42,47-50H,9-24,43-46H2,1-8H3/b35-29+,36-30+. The van der Waals surface area contributed by atoms with E-state index >= 15 is 0 Å². The van der Waals surface area contributed by atoms with Crippen molar-refractivity contribution < 1.29 is 18.9 Å². The van der Waals surface area contributed by atoms with Crippen molar-refractivity contribution in [1.29, 1.82) is 0 Å². The summed E-state index contributed by atoms with van der Waals surface area (Å²) in [7, 11) is 0. The molecule has 0 aromatic heterocycles. The molecule has 4 rings (SSSR count). The van der Waals surface area contributed by atoms with Gasteiger partial charge in [0.1, 0.15) is 23.0 Å². The molecule has 0 aliphatic heterocycles. The number of rotatable bonds is 33. The highest BCUT2D eigenvalue weighted by Gasteiger charge is 2.14. The van der Waals surface area contributed by atoms with Crippen molar-refractivity contribution in [2.24, 2.45) is 23.7 Å². The molecule has 0 N–H and O–H groups in total. The van der Waals surface area contributed by atoms with Crippen LogP contribution in [0.2, 0.25) is 0 Å². The number of benzene rings is 4. The maximum atomic E-state index is 6.57. The summed E-state index contributed by atoms with van der Waals surface area (Å²) in [6, 6.07) is 30.4. The van der Waals surface area contributed by atoms with Crippen molar-refractivity contribution in [1.82, 2.24) is 0 Å². The molecule has 4 heteroatoms. The van der Waals surface area contributed by atoms with Gasteiger partial charge in [-0.25, -0.2) is 0 Å². The largest absolute Gasteiger partial charge is 0.493 e. The second kappa shape index (κ2) is 30.7. The van der Waals surface area contributed by atoms with E-state index in [1.54, 1.807) is 0 Å². The molecular weight excluding hydrogens is 785 g/mol. The van der Waals surface area contributed by atoms with Crippen molar-refractivity contribution in [2.75, 3.05) is 26.4 Å². The highest BCUT2D eigenvalue weighted by atomic mass is 16.5. The first-order valence-electron chi connectivity index (χ1n) is 25.7. The molecule has 0 heterocycles. The summed E-state index contributed by atoms with van der Waals surface area (Å²) in [6.45, 7) is 21.1. The predicted molar refractivity (Wildman–Crippen MR) is 278 cm³/mol. The van der Waals surface area contributed by atoms with Crippen LogP contribution in [0, 0.1) is 23.7 Å². The minimum Gasteiger partial charge on any atom is -0.493 e. The first-order chi connectivity index (χ1) is 31.4. The van der Waals surface area contributed by atoms with Gasteiger partial charge in [-0.15, -0.1) is 0 Å². The Kier molecular flexibility index (Phi) is 25.0. The third-order valence-electron chi connectivity index (χ3n) is 13.1. The smallest absolute Gasteiger partial charge is 0.130 e. The van der Waals surface area contributed by atoms with Crippen LogP contribution in [0.15, 0.2) is 84.9 Å². The van der Waals surface area contributed by atoms with Crippen LogP contribution in [0.4, 0.5) is 0 Å². The third-order valence-corrected chi connectivity index (χ3v) is 13.1. The summed E-state index contributed by atoms with van der Waals surface area (Å²) in [6.07, 6.45) is 28.0. The van der Waals surface area contributed by atoms with Crippen LogP contribution in [0.25, 0.3) is 35.4 Å². The summed E-state index contributed by atoms with van der Waals surface area (Å²) in [5.74, 6) is 5.86. The van der Waals surface area contributed by atoms with Crippen LogP contribution in [-0.2, 0) is 0 Å². The average Bonchev–Trinajstić information content (AvgIpc) is 3.33. The van der Waals surface area contributed by atoms with E-state index in [4.69, 9.17) is 18.9 Å². The zero-order valence-electron chi connectivity index (χ0n) is 41.5. The van der Waals surface area contributed by atoms with Gasteiger partial charge in [-0.2, -0.15) is 0 Å². The van der Waals surface area contributed by atoms with Gasteiger partial charge in [0.05, 0.1) is 26.4 Å². The minimum absolute atomic E-state index is 0.556. The monoisotopic (exact) mass is 871 g/mol. The Hall–Kier alpha value is -4.44. The Morgan fingerprint density at radius 1 is 0.359 bits per heavy atom. The Bertz CT molecular complexity index is 1750. The van der Waals surface area contributed by atoms with E-state index < -0.39 is 0 Å². The molecule has 350 valence electrons. The lowest BCUT2D eigenvalue weighted by atomic mass is 10.0. The van der Waals surface area contributed by atoms with E-state index in [1.165, 1.54) is 88.2 Å². The normalized spacial score (nSPS) is 13.6. The summed E-state index contributed by atoms with van der Waals surface area (Å²) >= 11 is 0. The second-order valence-corrected chi connectivity index (χ2v) is 18.2. The molecule has 64 heavy (non-hydrogen) atoms. The van der Waals surface area contributed by atoms with Crippen LogP contribution < -0.4 is 18.9 Å². The fourth-order valence-corrected chi connectivity index (χ4v) is 8.12. The van der Waals surface area contributed by atoms with Crippen molar-refractivity contribution in [2.45, 2.75) is 158 Å². The fourth-order valence-electron chi connectivity index (χ4n) is 8.12. The first-order valence-corrected chi connectivity index (χ1v) is 25.7. The molecule has 0 spiro atoms. The van der Waals surface area contributed by atoms with Crippen LogP contribution >= 0.6 is 0 Å². The molecule has 0 saturated carbocycles. The topological polar surface area (TPSA) is 36.9 Å². The summed E-state index contributed by atoms with van der Waals surface area (Å²) < 4.78 is 25.9. The first kappa shape index (κ1) is 52.2. The molecule has 4 aromatic rings. The lowest BCUT2D eigenvalue weighted by Crippen LogP contribution is -2.13.